The van der Waals surface area contributed by atoms with Crippen LogP contribution in [0.3, 0.4) is 0 Å². The fourth-order valence-electron chi connectivity index (χ4n) is 3.02. The molecule has 0 bridgehead atoms. The number of aliphatic imine (C=N–C) groups is 1. The van der Waals surface area contributed by atoms with Crippen LogP contribution in [0.5, 0.6) is 0 Å². The Balaban J connectivity index is 0.00000176. The number of aryl methyl sites for hydroxylation is 2. The Morgan fingerprint density at radius 3 is 2.73 bits per heavy atom. The SMILES string of the molecule is Cc1ccc(NC(N)=NCC2CCN(C3CC3)C2)cc1C.I. The van der Waals surface area contributed by atoms with E-state index in [2.05, 4.69) is 47.3 Å². The molecule has 0 spiro atoms. The highest BCUT2D eigenvalue weighted by molar-refractivity contribution is 14.0. The molecule has 1 aromatic rings. The van der Waals surface area contributed by atoms with Crippen molar-refractivity contribution in [1.29, 1.82) is 0 Å². The molecule has 1 heterocycles. The topological polar surface area (TPSA) is 53.6 Å². The quantitative estimate of drug-likeness (QED) is 0.452. The summed E-state index contributed by atoms with van der Waals surface area (Å²) in [6.45, 7) is 7.51. The Morgan fingerprint density at radius 1 is 1.27 bits per heavy atom. The first-order valence-electron chi connectivity index (χ1n) is 8.00. The van der Waals surface area contributed by atoms with Gasteiger partial charge < -0.3 is 16.0 Å². The highest BCUT2D eigenvalue weighted by Gasteiger charge is 2.34. The van der Waals surface area contributed by atoms with Gasteiger partial charge in [-0.3, -0.25) is 4.99 Å². The molecular weight excluding hydrogens is 387 g/mol. The van der Waals surface area contributed by atoms with E-state index in [4.69, 9.17) is 5.73 Å². The lowest BCUT2D eigenvalue weighted by molar-refractivity contribution is 0.315. The minimum Gasteiger partial charge on any atom is -0.370 e. The summed E-state index contributed by atoms with van der Waals surface area (Å²) in [5.41, 5.74) is 9.58. The minimum atomic E-state index is 0. The van der Waals surface area contributed by atoms with E-state index < -0.39 is 0 Å². The summed E-state index contributed by atoms with van der Waals surface area (Å²) in [5, 5.41) is 3.19. The lowest BCUT2D eigenvalue weighted by atomic mass is 10.1. The van der Waals surface area contributed by atoms with Crippen LogP contribution >= 0.6 is 24.0 Å². The van der Waals surface area contributed by atoms with E-state index in [1.807, 2.05) is 0 Å². The van der Waals surface area contributed by atoms with Gasteiger partial charge in [-0.1, -0.05) is 6.07 Å². The van der Waals surface area contributed by atoms with Gasteiger partial charge in [0.15, 0.2) is 5.96 Å². The van der Waals surface area contributed by atoms with E-state index in [0.717, 1.165) is 18.3 Å². The number of likely N-dealkylation sites (tertiary alicyclic amines) is 1. The number of benzene rings is 1. The maximum atomic E-state index is 6.00. The molecule has 2 aliphatic rings. The number of guanidine groups is 1. The molecule has 1 aromatic carbocycles. The van der Waals surface area contributed by atoms with Crippen LogP contribution in [0.15, 0.2) is 23.2 Å². The Kier molecular flexibility index (Phi) is 6.09. The zero-order valence-electron chi connectivity index (χ0n) is 13.5. The zero-order chi connectivity index (χ0) is 14.8. The Hall–Kier alpha value is -0.820. The smallest absolute Gasteiger partial charge is 0.193 e. The average molecular weight is 414 g/mol. The monoisotopic (exact) mass is 414 g/mol. The maximum Gasteiger partial charge on any atom is 0.193 e. The van der Waals surface area contributed by atoms with E-state index in [1.165, 1.54) is 43.5 Å². The summed E-state index contributed by atoms with van der Waals surface area (Å²) < 4.78 is 0. The fraction of sp³-hybridized carbons (Fsp3) is 0.588. The highest BCUT2D eigenvalue weighted by atomic mass is 127. The number of halogens is 1. The van der Waals surface area contributed by atoms with Gasteiger partial charge in [-0.15, -0.1) is 24.0 Å². The first-order chi connectivity index (χ1) is 10.1. The summed E-state index contributed by atoms with van der Waals surface area (Å²) in [4.78, 5) is 7.14. The number of nitrogens with zero attached hydrogens (tertiary/aromatic N) is 2. The zero-order valence-corrected chi connectivity index (χ0v) is 15.8. The van der Waals surface area contributed by atoms with Crippen molar-refractivity contribution in [3.05, 3.63) is 29.3 Å². The number of nitrogens with two attached hydrogens (primary N) is 1. The summed E-state index contributed by atoms with van der Waals surface area (Å²) in [5.74, 6) is 1.20. The van der Waals surface area contributed by atoms with E-state index >= 15 is 0 Å². The lowest BCUT2D eigenvalue weighted by Crippen LogP contribution is -2.25. The van der Waals surface area contributed by atoms with E-state index in [0.29, 0.717) is 11.9 Å². The van der Waals surface area contributed by atoms with Gasteiger partial charge in [-0.05, 0) is 68.8 Å². The predicted molar refractivity (Wildman–Crippen MR) is 104 cm³/mol. The van der Waals surface area contributed by atoms with Gasteiger partial charge in [0.1, 0.15) is 0 Å². The molecule has 4 nitrogen and oxygen atoms in total. The van der Waals surface area contributed by atoms with Gasteiger partial charge in [0.2, 0.25) is 0 Å². The fourth-order valence-corrected chi connectivity index (χ4v) is 3.02. The van der Waals surface area contributed by atoms with Crippen molar-refractivity contribution < 1.29 is 0 Å². The Morgan fingerprint density at radius 2 is 2.05 bits per heavy atom. The molecule has 1 aliphatic heterocycles. The largest absolute Gasteiger partial charge is 0.370 e. The van der Waals surface area contributed by atoms with Crippen LogP contribution in [0.1, 0.15) is 30.4 Å². The minimum absolute atomic E-state index is 0. The molecule has 22 heavy (non-hydrogen) atoms. The van der Waals surface area contributed by atoms with E-state index in [-0.39, 0.29) is 24.0 Å². The van der Waals surface area contributed by atoms with Gasteiger partial charge in [0, 0.05) is 24.8 Å². The summed E-state index contributed by atoms with van der Waals surface area (Å²) >= 11 is 0. The average Bonchev–Trinajstić information content (AvgIpc) is 3.20. The third-order valence-corrected chi connectivity index (χ3v) is 4.68. The van der Waals surface area contributed by atoms with Crippen LogP contribution in [0.25, 0.3) is 0 Å². The van der Waals surface area contributed by atoms with Crippen LogP contribution in [0, 0.1) is 19.8 Å². The highest BCUT2D eigenvalue weighted by Crippen LogP contribution is 2.31. The van der Waals surface area contributed by atoms with E-state index in [1.54, 1.807) is 0 Å². The van der Waals surface area contributed by atoms with Gasteiger partial charge in [0.05, 0.1) is 0 Å². The van der Waals surface area contributed by atoms with Gasteiger partial charge in [-0.2, -0.15) is 0 Å². The number of anilines is 1. The predicted octanol–water partition coefficient (Wildman–Crippen LogP) is 3.13. The van der Waals surface area contributed by atoms with Crippen molar-refractivity contribution >= 4 is 35.6 Å². The van der Waals surface area contributed by atoms with E-state index in [9.17, 15) is 0 Å². The second-order valence-electron chi connectivity index (χ2n) is 6.53. The molecule has 2 fully saturated rings. The molecular formula is C17H27IN4. The van der Waals surface area contributed by atoms with Gasteiger partial charge in [-0.25, -0.2) is 0 Å². The molecule has 3 rings (SSSR count). The van der Waals surface area contributed by atoms with Crippen LogP contribution in [0.2, 0.25) is 0 Å². The van der Waals surface area contributed by atoms with Crippen molar-refractivity contribution in [1.82, 2.24) is 4.90 Å². The van der Waals surface area contributed by atoms with Crippen molar-refractivity contribution in [3.8, 4) is 0 Å². The third kappa shape index (κ3) is 4.59. The van der Waals surface area contributed by atoms with Gasteiger partial charge in [0.25, 0.3) is 0 Å². The number of hydrogen-bond donors (Lipinski definition) is 2. The van der Waals surface area contributed by atoms with Crippen molar-refractivity contribution in [3.63, 3.8) is 0 Å². The second-order valence-corrected chi connectivity index (χ2v) is 6.53. The number of rotatable bonds is 4. The molecule has 5 heteroatoms. The molecule has 1 aliphatic carbocycles. The standard InChI is InChI=1S/C17H26N4.HI/c1-12-3-4-15(9-13(12)2)20-17(18)19-10-14-7-8-21(11-14)16-5-6-16;/h3-4,9,14,16H,5-8,10-11H2,1-2H3,(H3,18,19,20);1H. The van der Waals surface area contributed by atoms with Crippen LogP contribution < -0.4 is 11.1 Å². The molecule has 1 atom stereocenters. The lowest BCUT2D eigenvalue weighted by Gasteiger charge is -2.14. The Labute approximate surface area is 150 Å². The number of hydrogen-bond acceptors (Lipinski definition) is 2. The molecule has 0 aromatic heterocycles. The second kappa shape index (κ2) is 7.64. The van der Waals surface area contributed by atoms with Gasteiger partial charge >= 0.3 is 0 Å². The Bertz CT molecular complexity index is 539. The normalized spacial score (nSPS) is 22.5. The van der Waals surface area contributed by atoms with Crippen LogP contribution in [-0.2, 0) is 0 Å². The maximum absolute atomic E-state index is 6.00. The summed E-state index contributed by atoms with van der Waals surface area (Å²) in [7, 11) is 0. The first kappa shape index (κ1) is 17.5. The van der Waals surface area contributed by atoms with Crippen molar-refractivity contribution in [2.75, 3.05) is 25.0 Å². The summed E-state index contributed by atoms with van der Waals surface area (Å²) in [6.07, 6.45) is 4.05. The molecule has 1 saturated carbocycles. The molecule has 1 saturated heterocycles. The third-order valence-electron chi connectivity index (χ3n) is 4.68. The van der Waals surface area contributed by atoms with Crippen molar-refractivity contribution in [2.24, 2.45) is 16.6 Å². The molecule has 0 amide bonds. The van der Waals surface area contributed by atoms with Crippen LogP contribution in [0.4, 0.5) is 5.69 Å². The van der Waals surface area contributed by atoms with Crippen LogP contribution in [-0.4, -0.2) is 36.5 Å². The summed E-state index contributed by atoms with van der Waals surface area (Å²) in [6, 6.07) is 7.15. The molecule has 3 N–H and O–H groups in total. The van der Waals surface area contributed by atoms with Crippen molar-refractivity contribution in [2.45, 2.75) is 39.2 Å². The molecule has 1 unspecified atom stereocenters. The molecule has 122 valence electrons. The molecule has 0 radical (unpaired) electrons. The first-order valence-corrected chi connectivity index (χ1v) is 8.00. The number of nitrogens with one attached hydrogen (secondary N) is 1.